The van der Waals surface area contributed by atoms with E-state index in [4.69, 9.17) is 4.74 Å². The van der Waals surface area contributed by atoms with Crippen molar-refractivity contribution in [3.05, 3.63) is 16.1 Å². The molecule has 7 heteroatoms. The van der Waals surface area contributed by atoms with E-state index < -0.39 is 0 Å². The second-order valence-corrected chi connectivity index (χ2v) is 5.43. The van der Waals surface area contributed by atoms with Crippen molar-refractivity contribution in [1.82, 2.24) is 15.6 Å². The molecule has 0 aliphatic heterocycles. The molecule has 1 rings (SSSR count). The lowest BCUT2D eigenvalue weighted by Crippen LogP contribution is -2.44. The van der Waals surface area contributed by atoms with Crippen LogP contribution in [0.1, 0.15) is 16.8 Å². The van der Waals surface area contributed by atoms with Gasteiger partial charge in [-0.1, -0.05) is 0 Å². The highest BCUT2D eigenvalue weighted by atomic mass is 127. The van der Waals surface area contributed by atoms with Crippen LogP contribution < -0.4 is 10.6 Å². The van der Waals surface area contributed by atoms with Crippen LogP contribution in [0.5, 0.6) is 0 Å². The van der Waals surface area contributed by atoms with Crippen molar-refractivity contribution in [2.24, 2.45) is 4.99 Å². The van der Waals surface area contributed by atoms with Crippen LogP contribution in [-0.4, -0.2) is 44.3 Å². The molecule has 110 valence electrons. The normalized spacial score (nSPS) is 12.7. The molecule has 1 unspecified atom stereocenters. The molecule has 0 aliphatic carbocycles. The van der Waals surface area contributed by atoms with E-state index in [0.717, 1.165) is 23.9 Å². The molecule has 2 N–H and O–H groups in total. The molecule has 0 radical (unpaired) electrons. The Labute approximate surface area is 136 Å². The molecule has 0 aliphatic rings. The first-order valence-electron chi connectivity index (χ1n) is 6.03. The van der Waals surface area contributed by atoms with Gasteiger partial charge in [0.1, 0.15) is 0 Å². The molecule has 1 heterocycles. The molecular formula is C12H23IN4OS. The molecule has 0 saturated heterocycles. The van der Waals surface area contributed by atoms with Crippen molar-refractivity contribution < 1.29 is 4.74 Å². The van der Waals surface area contributed by atoms with Crippen LogP contribution in [0.3, 0.4) is 0 Å². The topological polar surface area (TPSA) is 58.5 Å². The predicted octanol–water partition coefficient (Wildman–Crippen LogP) is 1.81. The number of guanidine groups is 1. The highest BCUT2D eigenvalue weighted by Crippen LogP contribution is 2.10. The van der Waals surface area contributed by atoms with Gasteiger partial charge in [-0.25, -0.2) is 4.98 Å². The number of ether oxygens (including phenoxy) is 1. The summed E-state index contributed by atoms with van der Waals surface area (Å²) in [5.74, 6) is 0.799. The van der Waals surface area contributed by atoms with Gasteiger partial charge in [-0.3, -0.25) is 4.99 Å². The fourth-order valence-corrected chi connectivity index (χ4v) is 2.31. The zero-order valence-corrected chi connectivity index (χ0v) is 15.0. The van der Waals surface area contributed by atoms with Crippen LogP contribution in [0.25, 0.3) is 0 Å². The van der Waals surface area contributed by atoms with Crippen molar-refractivity contribution in [2.45, 2.75) is 26.3 Å². The summed E-state index contributed by atoms with van der Waals surface area (Å²) >= 11 is 1.74. The first-order chi connectivity index (χ1) is 8.65. The summed E-state index contributed by atoms with van der Waals surface area (Å²) < 4.78 is 5.07. The Morgan fingerprint density at radius 2 is 2.32 bits per heavy atom. The maximum atomic E-state index is 5.07. The lowest BCUT2D eigenvalue weighted by Gasteiger charge is -2.16. The van der Waals surface area contributed by atoms with Crippen molar-refractivity contribution in [1.29, 1.82) is 0 Å². The van der Waals surface area contributed by atoms with Gasteiger partial charge in [0, 0.05) is 44.2 Å². The van der Waals surface area contributed by atoms with E-state index in [2.05, 4.69) is 34.5 Å². The minimum atomic E-state index is 0. The van der Waals surface area contributed by atoms with Gasteiger partial charge in [0.2, 0.25) is 0 Å². The summed E-state index contributed by atoms with van der Waals surface area (Å²) in [4.78, 5) is 9.75. The third-order valence-electron chi connectivity index (χ3n) is 2.32. The Bertz CT molecular complexity index is 384. The lowest BCUT2D eigenvalue weighted by atomic mass is 10.4. The van der Waals surface area contributed by atoms with Gasteiger partial charge in [0.05, 0.1) is 11.6 Å². The first-order valence-corrected chi connectivity index (χ1v) is 6.84. The molecule has 0 amide bonds. The van der Waals surface area contributed by atoms with E-state index in [-0.39, 0.29) is 30.0 Å². The minimum Gasteiger partial charge on any atom is -0.383 e. The number of aliphatic imine (C=N–C) groups is 1. The van der Waals surface area contributed by atoms with Crippen molar-refractivity contribution in [3.63, 3.8) is 0 Å². The molecule has 1 atom stereocenters. The predicted molar refractivity (Wildman–Crippen MR) is 91.8 cm³/mol. The molecule has 19 heavy (non-hydrogen) atoms. The summed E-state index contributed by atoms with van der Waals surface area (Å²) in [7, 11) is 3.46. The maximum absolute atomic E-state index is 5.07. The number of hydrogen-bond acceptors (Lipinski definition) is 4. The number of thiazole rings is 1. The summed E-state index contributed by atoms with van der Waals surface area (Å²) in [6.45, 7) is 5.61. The number of methoxy groups -OCH3 is 1. The molecule has 5 nitrogen and oxygen atoms in total. The van der Waals surface area contributed by atoms with Gasteiger partial charge in [-0.05, 0) is 13.8 Å². The van der Waals surface area contributed by atoms with Crippen LogP contribution in [-0.2, 0) is 11.2 Å². The monoisotopic (exact) mass is 398 g/mol. The van der Waals surface area contributed by atoms with Gasteiger partial charge >= 0.3 is 0 Å². The highest BCUT2D eigenvalue weighted by molar-refractivity contribution is 14.0. The van der Waals surface area contributed by atoms with Crippen LogP contribution in [0.2, 0.25) is 0 Å². The average Bonchev–Trinajstić information content (AvgIpc) is 2.74. The number of aromatic nitrogens is 1. The van der Waals surface area contributed by atoms with E-state index in [1.54, 1.807) is 25.5 Å². The standard InChI is InChI=1S/C12H22N4OS.HI/c1-9(8-17-4)16-12(13-3)14-6-5-11-15-7-10(2)18-11;/h7,9H,5-6,8H2,1-4H3,(H2,13,14,16);1H. The van der Waals surface area contributed by atoms with E-state index in [1.165, 1.54) is 4.88 Å². The van der Waals surface area contributed by atoms with E-state index in [1.807, 2.05) is 6.20 Å². The number of nitrogens with one attached hydrogen (secondary N) is 2. The fraction of sp³-hybridized carbons (Fsp3) is 0.667. The van der Waals surface area contributed by atoms with Crippen LogP contribution >= 0.6 is 35.3 Å². The summed E-state index contributed by atoms with van der Waals surface area (Å²) in [6.07, 6.45) is 2.82. The molecule has 1 aromatic rings. The van der Waals surface area contributed by atoms with E-state index >= 15 is 0 Å². The third-order valence-corrected chi connectivity index (χ3v) is 3.30. The Morgan fingerprint density at radius 1 is 1.58 bits per heavy atom. The number of nitrogens with zero attached hydrogens (tertiary/aromatic N) is 2. The maximum Gasteiger partial charge on any atom is 0.191 e. The Hall–Kier alpha value is -0.410. The molecule has 0 aromatic carbocycles. The van der Waals surface area contributed by atoms with Gasteiger partial charge < -0.3 is 15.4 Å². The zero-order chi connectivity index (χ0) is 13.4. The van der Waals surface area contributed by atoms with Gasteiger partial charge in [0.25, 0.3) is 0 Å². The second kappa shape index (κ2) is 10.4. The Kier molecular flexibility index (Phi) is 10.2. The largest absolute Gasteiger partial charge is 0.383 e. The number of halogens is 1. The summed E-state index contributed by atoms with van der Waals surface area (Å²) in [6, 6.07) is 0.239. The molecule has 0 saturated carbocycles. The Balaban J connectivity index is 0.00000324. The van der Waals surface area contributed by atoms with Crippen molar-refractivity contribution in [3.8, 4) is 0 Å². The lowest BCUT2D eigenvalue weighted by molar-refractivity contribution is 0.179. The van der Waals surface area contributed by atoms with E-state index in [9.17, 15) is 0 Å². The molecule has 0 bridgehead atoms. The average molecular weight is 398 g/mol. The molecular weight excluding hydrogens is 375 g/mol. The smallest absolute Gasteiger partial charge is 0.191 e. The number of aryl methyl sites for hydroxylation is 1. The fourth-order valence-electron chi connectivity index (χ4n) is 1.52. The van der Waals surface area contributed by atoms with Gasteiger partial charge in [-0.15, -0.1) is 35.3 Å². The number of hydrogen-bond donors (Lipinski definition) is 2. The summed E-state index contributed by atoms with van der Waals surface area (Å²) in [5.41, 5.74) is 0. The number of rotatable bonds is 6. The first kappa shape index (κ1) is 18.6. The van der Waals surface area contributed by atoms with Gasteiger partial charge in [-0.2, -0.15) is 0 Å². The highest BCUT2D eigenvalue weighted by Gasteiger charge is 2.04. The van der Waals surface area contributed by atoms with Crippen molar-refractivity contribution in [2.75, 3.05) is 27.3 Å². The second-order valence-electron chi connectivity index (χ2n) is 4.11. The molecule has 0 spiro atoms. The third kappa shape index (κ3) is 7.68. The van der Waals surface area contributed by atoms with Gasteiger partial charge in [0.15, 0.2) is 5.96 Å². The minimum absolute atomic E-state index is 0. The quantitative estimate of drug-likeness (QED) is 0.436. The zero-order valence-electron chi connectivity index (χ0n) is 11.9. The summed E-state index contributed by atoms with van der Waals surface area (Å²) in [5, 5.41) is 7.68. The van der Waals surface area contributed by atoms with Crippen LogP contribution in [0.15, 0.2) is 11.2 Å². The van der Waals surface area contributed by atoms with E-state index in [0.29, 0.717) is 6.61 Å². The molecule has 0 fully saturated rings. The van der Waals surface area contributed by atoms with Crippen molar-refractivity contribution >= 4 is 41.3 Å². The SMILES string of the molecule is CN=C(NCCc1ncc(C)s1)NC(C)COC.I. The van der Waals surface area contributed by atoms with Crippen LogP contribution in [0, 0.1) is 6.92 Å². The Morgan fingerprint density at radius 3 is 2.84 bits per heavy atom. The van der Waals surface area contributed by atoms with Crippen LogP contribution in [0.4, 0.5) is 0 Å². The molecule has 1 aromatic heterocycles.